The fraction of sp³-hybridized carbons (Fsp3) is 0.368. The third kappa shape index (κ3) is 4.16. The predicted molar refractivity (Wildman–Crippen MR) is 86.2 cm³/mol. The Kier molecular flexibility index (Phi) is 4.22. The monoisotopic (exact) mass is 284 g/mol. The van der Waals surface area contributed by atoms with Gasteiger partial charge in [0.25, 0.3) is 0 Å². The van der Waals surface area contributed by atoms with Gasteiger partial charge in [-0.1, -0.05) is 48.5 Å². The van der Waals surface area contributed by atoms with Crippen LogP contribution in [0.4, 0.5) is 0 Å². The molecular formula is C19H24O2. The summed E-state index contributed by atoms with van der Waals surface area (Å²) >= 11 is 0. The standard InChI is InChI=1S/C19H24O2/c1-18(2,20)16-9-5-7-14(12-16)11-15-8-6-10-17(13-15)19(3,4)21/h5-10,12-13,20-21H,11H2,1-4H3. The molecule has 0 aliphatic heterocycles. The van der Waals surface area contributed by atoms with Crippen molar-refractivity contribution in [3.63, 3.8) is 0 Å². The molecule has 112 valence electrons. The first-order chi connectivity index (χ1) is 9.66. The summed E-state index contributed by atoms with van der Waals surface area (Å²) in [5.41, 5.74) is 2.48. The second-order valence-electron chi connectivity index (χ2n) is 6.70. The zero-order valence-electron chi connectivity index (χ0n) is 13.2. The molecule has 0 heterocycles. The Morgan fingerprint density at radius 1 is 0.714 bits per heavy atom. The van der Waals surface area contributed by atoms with E-state index in [1.807, 2.05) is 36.4 Å². The van der Waals surface area contributed by atoms with Crippen molar-refractivity contribution >= 4 is 0 Å². The normalized spacial score (nSPS) is 12.5. The lowest BCUT2D eigenvalue weighted by molar-refractivity contribution is 0.0781. The second-order valence-corrected chi connectivity index (χ2v) is 6.70. The average Bonchev–Trinajstić information content (AvgIpc) is 2.37. The Bertz CT molecular complexity index is 560. The number of aliphatic hydroxyl groups is 2. The molecule has 0 aliphatic rings. The van der Waals surface area contributed by atoms with Crippen molar-refractivity contribution in [1.29, 1.82) is 0 Å². The molecule has 0 spiro atoms. The fourth-order valence-corrected chi connectivity index (χ4v) is 2.36. The number of rotatable bonds is 4. The van der Waals surface area contributed by atoms with E-state index in [1.165, 1.54) is 0 Å². The van der Waals surface area contributed by atoms with Crippen LogP contribution < -0.4 is 0 Å². The van der Waals surface area contributed by atoms with E-state index in [2.05, 4.69) is 12.1 Å². The SMILES string of the molecule is CC(C)(O)c1cccc(Cc2cccc(C(C)(C)O)c2)c1. The largest absolute Gasteiger partial charge is 0.386 e. The minimum atomic E-state index is -0.828. The Labute approximate surface area is 127 Å². The molecule has 2 heteroatoms. The van der Waals surface area contributed by atoms with E-state index in [-0.39, 0.29) is 0 Å². The molecule has 2 nitrogen and oxygen atoms in total. The van der Waals surface area contributed by atoms with Crippen LogP contribution in [0.3, 0.4) is 0 Å². The lowest BCUT2D eigenvalue weighted by atomic mass is 9.92. The van der Waals surface area contributed by atoms with Gasteiger partial charge in [-0.15, -0.1) is 0 Å². The molecule has 21 heavy (non-hydrogen) atoms. The Morgan fingerprint density at radius 2 is 1.10 bits per heavy atom. The van der Waals surface area contributed by atoms with Gasteiger partial charge < -0.3 is 10.2 Å². The third-order valence-corrected chi connectivity index (χ3v) is 3.68. The van der Waals surface area contributed by atoms with Gasteiger partial charge in [-0.05, 0) is 56.4 Å². The molecule has 0 aliphatic carbocycles. The van der Waals surface area contributed by atoms with Gasteiger partial charge in [0.1, 0.15) is 0 Å². The molecule has 2 rings (SSSR count). The van der Waals surface area contributed by atoms with Crippen molar-refractivity contribution in [2.45, 2.75) is 45.3 Å². The molecule has 2 N–H and O–H groups in total. The van der Waals surface area contributed by atoms with Crippen molar-refractivity contribution in [2.24, 2.45) is 0 Å². The number of hydrogen-bond donors (Lipinski definition) is 2. The molecule has 0 atom stereocenters. The van der Waals surface area contributed by atoms with Crippen molar-refractivity contribution in [1.82, 2.24) is 0 Å². The van der Waals surface area contributed by atoms with E-state index in [9.17, 15) is 10.2 Å². The highest BCUT2D eigenvalue weighted by atomic mass is 16.3. The molecule has 0 saturated carbocycles. The molecular weight excluding hydrogens is 260 g/mol. The maximum absolute atomic E-state index is 10.1. The molecule has 0 bridgehead atoms. The van der Waals surface area contributed by atoms with Gasteiger partial charge in [0.05, 0.1) is 11.2 Å². The summed E-state index contributed by atoms with van der Waals surface area (Å²) in [7, 11) is 0. The molecule has 0 aromatic heterocycles. The lowest BCUT2D eigenvalue weighted by Gasteiger charge is -2.20. The first kappa shape index (κ1) is 15.7. The van der Waals surface area contributed by atoms with Crippen LogP contribution in [0.2, 0.25) is 0 Å². The van der Waals surface area contributed by atoms with Crippen LogP contribution in [0.1, 0.15) is 49.9 Å². The number of hydrogen-bond acceptors (Lipinski definition) is 2. The third-order valence-electron chi connectivity index (χ3n) is 3.68. The van der Waals surface area contributed by atoms with Gasteiger partial charge in [0.2, 0.25) is 0 Å². The summed E-state index contributed by atoms with van der Waals surface area (Å²) in [4.78, 5) is 0. The van der Waals surface area contributed by atoms with Gasteiger partial charge in [0, 0.05) is 0 Å². The summed E-state index contributed by atoms with van der Waals surface area (Å²) in [6.07, 6.45) is 0.786. The minimum absolute atomic E-state index is 0.786. The van der Waals surface area contributed by atoms with Crippen LogP contribution >= 0.6 is 0 Å². The van der Waals surface area contributed by atoms with Crippen LogP contribution in [0.15, 0.2) is 48.5 Å². The first-order valence-electron chi connectivity index (χ1n) is 7.30. The van der Waals surface area contributed by atoms with Gasteiger partial charge in [0.15, 0.2) is 0 Å². The van der Waals surface area contributed by atoms with E-state index in [0.29, 0.717) is 0 Å². The zero-order chi connectivity index (χ0) is 15.7. The minimum Gasteiger partial charge on any atom is -0.386 e. The maximum Gasteiger partial charge on any atom is 0.0840 e. The molecule has 0 fully saturated rings. The van der Waals surface area contributed by atoms with Crippen molar-refractivity contribution in [2.75, 3.05) is 0 Å². The number of benzene rings is 2. The topological polar surface area (TPSA) is 40.5 Å². The molecule has 0 unspecified atom stereocenters. The van der Waals surface area contributed by atoms with E-state index in [4.69, 9.17) is 0 Å². The summed E-state index contributed by atoms with van der Waals surface area (Å²) < 4.78 is 0. The van der Waals surface area contributed by atoms with Gasteiger partial charge in [-0.2, -0.15) is 0 Å². The summed E-state index contributed by atoms with van der Waals surface area (Å²) in [6.45, 7) is 7.17. The van der Waals surface area contributed by atoms with Crippen LogP contribution in [-0.4, -0.2) is 10.2 Å². The highest BCUT2D eigenvalue weighted by molar-refractivity contribution is 5.34. The zero-order valence-corrected chi connectivity index (χ0v) is 13.2. The van der Waals surface area contributed by atoms with Crippen LogP contribution in [-0.2, 0) is 17.6 Å². The highest BCUT2D eigenvalue weighted by Gasteiger charge is 2.17. The summed E-state index contributed by atoms with van der Waals surface area (Å²) in [5, 5.41) is 20.2. The van der Waals surface area contributed by atoms with Crippen molar-refractivity contribution in [3.05, 3.63) is 70.8 Å². The summed E-state index contributed by atoms with van der Waals surface area (Å²) in [6, 6.07) is 16.0. The van der Waals surface area contributed by atoms with Crippen molar-refractivity contribution in [3.8, 4) is 0 Å². The van der Waals surface area contributed by atoms with Crippen LogP contribution in [0.25, 0.3) is 0 Å². The van der Waals surface area contributed by atoms with Gasteiger partial charge in [-0.3, -0.25) is 0 Å². The fourth-order valence-electron chi connectivity index (χ4n) is 2.36. The maximum atomic E-state index is 10.1. The molecule has 0 radical (unpaired) electrons. The van der Waals surface area contributed by atoms with E-state index in [0.717, 1.165) is 28.7 Å². The Hall–Kier alpha value is -1.64. The van der Waals surface area contributed by atoms with E-state index < -0.39 is 11.2 Å². The van der Waals surface area contributed by atoms with Crippen molar-refractivity contribution < 1.29 is 10.2 Å². The molecule has 2 aromatic rings. The van der Waals surface area contributed by atoms with E-state index >= 15 is 0 Å². The predicted octanol–water partition coefficient (Wildman–Crippen LogP) is 3.73. The smallest absolute Gasteiger partial charge is 0.0840 e. The highest BCUT2D eigenvalue weighted by Crippen LogP contribution is 2.24. The van der Waals surface area contributed by atoms with Crippen LogP contribution in [0.5, 0.6) is 0 Å². The Morgan fingerprint density at radius 3 is 1.43 bits per heavy atom. The van der Waals surface area contributed by atoms with Gasteiger partial charge >= 0.3 is 0 Å². The molecule has 0 saturated heterocycles. The molecule has 2 aromatic carbocycles. The molecule has 0 amide bonds. The Balaban J connectivity index is 2.27. The van der Waals surface area contributed by atoms with Gasteiger partial charge in [-0.25, -0.2) is 0 Å². The lowest BCUT2D eigenvalue weighted by Crippen LogP contribution is -2.16. The second kappa shape index (κ2) is 5.63. The van der Waals surface area contributed by atoms with Crippen LogP contribution in [0, 0.1) is 0 Å². The average molecular weight is 284 g/mol. The van der Waals surface area contributed by atoms with E-state index in [1.54, 1.807) is 27.7 Å². The first-order valence-corrected chi connectivity index (χ1v) is 7.30. The quantitative estimate of drug-likeness (QED) is 0.898. The summed E-state index contributed by atoms with van der Waals surface area (Å²) in [5.74, 6) is 0.